The Morgan fingerprint density at radius 3 is 1.92 bits per heavy atom. The van der Waals surface area contributed by atoms with Crippen LogP contribution in [0.3, 0.4) is 0 Å². The van der Waals surface area contributed by atoms with Gasteiger partial charge in [0.2, 0.25) is 0 Å². The summed E-state index contributed by atoms with van der Waals surface area (Å²) in [6, 6.07) is 0. The molecule has 0 amide bonds. The first kappa shape index (κ1) is 12.8. The molecule has 4 nitrogen and oxygen atoms in total. The smallest absolute Gasteiger partial charge is 0.154 e. The molecule has 0 N–H and O–H groups in total. The van der Waals surface area contributed by atoms with Gasteiger partial charge in [-0.25, -0.2) is 0 Å². The van der Waals surface area contributed by atoms with Gasteiger partial charge in [0.25, 0.3) is 0 Å². The van der Waals surface area contributed by atoms with E-state index in [1.54, 1.807) is 14.2 Å². The SMILES string of the molecule is COC(C)OCC(C)OC(C)OC. The second-order valence-electron chi connectivity index (χ2n) is 2.89. The lowest BCUT2D eigenvalue weighted by Crippen LogP contribution is -2.25. The summed E-state index contributed by atoms with van der Waals surface area (Å²) >= 11 is 0. The molecule has 0 aromatic heterocycles. The highest BCUT2D eigenvalue weighted by Crippen LogP contribution is 2.01. The van der Waals surface area contributed by atoms with Crippen molar-refractivity contribution in [1.82, 2.24) is 0 Å². The third-order valence-corrected chi connectivity index (χ3v) is 1.65. The summed E-state index contributed by atoms with van der Waals surface area (Å²) < 4.78 is 20.6. The summed E-state index contributed by atoms with van der Waals surface area (Å²) in [7, 11) is 3.21. The van der Waals surface area contributed by atoms with Crippen LogP contribution in [-0.4, -0.2) is 39.5 Å². The number of hydrogen-bond donors (Lipinski definition) is 0. The third-order valence-electron chi connectivity index (χ3n) is 1.65. The Labute approximate surface area is 80.1 Å². The molecule has 0 rings (SSSR count). The number of hydrogen-bond acceptors (Lipinski definition) is 4. The molecule has 80 valence electrons. The summed E-state index contributed by atoms with van der Waals surface area (Å²) in [6.07, 6.45) is -0.382. The maximum atomic E-state index is 5.39. The van der Waals surface area contributed by atoms with Crippen LogP contribution in [0.15, 0.2) is 0 Å². The van der Waals surface area contributed by atoms with E-state index in [2.05, 4.69) is 0 Å². The predicted octanol–water partition coefficient (Wildman–Crippen LogP) is 1.39. The molecule has 0 saturated heterocycles. The van der Waals surface area contributed by atoms with Crippen molar-refractivity contribution in [2.45, 2.75) is 39.5 Å². The molecule has 0 aromatic rings. The zero-order valence-electron chi connectivity index (χ0n) is 9.07. The van der Waals surface area contributed by atoms with Crippen molar-refractivity contribution in [3.63, 3.8) is 0 Å². The van der Waals surface area contributed by atoms with E-state index in [4.69, 9.17) is 18.9 Å². The van der Waals surface area contributed by atoms with E-state index in [9.17, 15) is 0 Å². The van der Waals surface area contributed by atoms with Gasteiger partial charge in [-0.05, 0) is 20.8 Å². The first-order valence-corrected chi connectivity index (χ1v) is 4.42. The average Bonchev–Trinajstić information content (AvgIpc) is 2.13. The minimum absolute atomic E-state index is 0.00699. The van der Waals surface area contributed by atoms with Crippen molar-refractivity contribution in [3.8, 4) is 0 Å². The molecule has 13 heavy (non-hydrogen) atoms. The highest BCUT2D eigenvalue weighted by atomic mass is 16.7. The van der Waals surface area contributed by atoms with Crippen LogP contribution in [0.4, 0.5) is 0 Å². The molecular formula is C9H20O4. The van der Waals surface area contributed by atoms with Crippen LogP contribution in [0.2, 0.25) is 0 Å². The van der Waals surface area contributed by atoms with Gasteiger partial charge in [-0.1, -0.05) is 0 Å². The van der Waals surface area contributed by atoms with Gasteiger partial charge >= 0.3 is 0 Å². The Hall–Kier alpha value is -0.160. The Morgan fingerprint density at radius 1 is 0.923 bits per heavy atom. The molecule has 0 aliphatic rings. The number of ether oxygens (including phenoxy) is 4. The van der Waals surface area contributed by atoms with Crippen molar-refractivity contribution < 1.29 is 18.9 Å². The topological polar surface area (TPSA) is 36.9 Å². The predicted molar refractivity (Wildman–Crippen MR) is 49.4 cm³/mol. The Kier molecular flexibility index (Phi) is 7.17. The normalized spacial score (nSPS) is 18.2. The van der Waals surface area contributed by atoms with Gasteiger partial charge in [0.15, 0.2) is 12.6 Å². The summed E-state index contributed by atoms with van der Waals surface area (Å²) in [5.74, 6) is 0. The lowest BCUT2D eigenvalue weighted by molar-refractivity contribution is -0.181. The van der Waals surface area contributed by atoms with Crippen molar-refractivity contribution in [3.05, 3.63) is 0 Å². The van der Waals surface area contributed by atoms with Gasteiger partial charge < -0.3 is 18.9 Å². The lowest BCUT2D eigenvalue weighted by atomic mass is 10.4. The standard InChI is InChI=1S/C9H20O4/c1-7(13-9(3)11-5)6-12-8(2)10-4/h7-9H,6H2,1-5H3. The van der Waals surface area contributed by atoms with Crippen LogP contribution >= 0.6 is 0 Å². The molecule has 0 saturated carbocycles. The van der Waals surface area contributed by atoms with Gasteiger partial charge in [-0.2, -0.15) is 0 Å². The summed E-state index contributed by atoms with van der Waals surface area (Å²) in [5, 5.41) is 0. The summed E-state index contributed by atoms with van der Waals surface area (Å²) in [6.45, 7) is 6.11. The van der Waals surface area contributed by atoms with E-state index in [-0.39, 0.29) is 18.7 Å². The second-order valence-corrected chi connectivity index (χ2v) is 2.89. The monoisotopic (exact) mass is 192 g/mol. The fourth-order valence-corrected chi connectivity index (χ4v) is 0.761. The molecule has 0 fully saturated rings. The molecule has 4 heteroatoms. The zero-order valence-corrected chi connectivity index (χ0v) is 9.07. The van der Waals surface area contributed by atoms with Gasteiger partial charge in [-0.15, -0.1) is 0 Å². The second kappa shape index (κ2) is 7.26. The van der Waals surface area contributed by atoms with Crippen LogP contribution in [0.25, 0.3) is 0 Å². The van der Waals surface area contributed by atoms with Crippen molar-refractivity contribution in [2.24, 2.45) is 0 Å². The van der Waals surface area contributed by atoms with E-state index in [0.29, 0.717) is 6.61 Å². The number of rotatable bonds is 7. The van der Waals surface area contributed by atoms with E-state index in [1.165, 1.54) is 0 Å². The molecule has 0 aromatic carbocycles. The Bertz CT molecular complexity index is 118. The van der Waals surface area contributed by atoms with Crippen LogP contribution in [0.5, 0.6) is 0 Å². The summed E-state index contributed by atoms with van der Waals surface area (Å²) in [5.41, 5.74) is 0. The van der Waals surface area contributed by atoms with E-state index < -0.39 is 0 Å². The molecule has 3 atom stereocenters. The fraction of sp³-hybridized carbons (Fsp3) is 1.00. The summed E-state index contributed by atoms with van der Waals surface area (Å²) in [4.78, 5) is 0. The molecular weight excluding hydrogens is 172 g/mol. The molecule has 0 bridgehead atoms. The van der Waals surface area contributed by atoms with Crippen LogP contribution in [-0.2, 0) is 18.9 Å². The number of methoxy groups -OCH3 is 2. The van der Waals surface area contributed by atoms with Gasteiger partial charge in [0, 0.05) is 14.2 Å². The minimum Gasteiger partial charge on any atom is -0.356 e. The van der Waals surface area contributed by atoms with Gasteiger partial charge in [-0.3, -0.25) is 0 Å². The first-order chi connectivity index (χ1) is 6.10. The average molecular weight is 192 g/mol. The fourth-order valence-electron chi connectivity index (χ4n) is 0.761. The van der Waals surface area contributed by atoms with Crippen LogP contribution in [0, 0.1) is 0 Å². The van der Waals surface area contributed by atoms with E-state index in [0.717, 1.165) is 0 Å². The third kappa shape index (κ3) is 6.95. The van der Waals surface area contributed by atoms with Gasteiger partial charge in [0.1, 0.15) is 0 Å². The largest absolute Gasteiger partial charge is 0.356 e. The van der Waals surface area contributed by atoms with Crippen LogP contribution < -0.4 is 0 Å². The molecule has 0 heterocycles. The zero-order chi connectivity index (χ0) is 10.3. The molecule has 0 aliphatic carbocycles. The molecule has 0 aliphatic heterocycles. The van der Waals surface area contributed by atoms with Crippen molar-refractivity contribution in [1.29, 1.82) is 0 Å². The highest BCUT2D eigenvalue weighted by molar-refractivity contribution is 4.48. The maximum absolute atomic E-state index is 5.39. The molecule has 3 unspecified atom stereocenters. The lowest BCUT2D eigenvalue weighted by Gasteiger charge is -2.19. The Balaban J connectivity index is 3.45. The highest BCUT2D eigenvalue weighted by Gasteiger charge is 2.09. The van der Waals surface area contributed by atoms with E-state index in [1.807, 2.05) is 20.8 Å². The van der Waals surface area contributed by atoms with E-state index >= 15 is 0 Å². The quantitative estimate of drug-likeness (QED) is 0.571. The van der Waals surface area contributed by atoms with Crippen LogP contribution in [0.1, 0.15) is 20.8 Å². The van der Waals surface area contributed by atoms with Crippen molar-refractivity contribution >= 4 is 0 Å². The molecule has 0 spiro atoms. The minimum atomic E-state index is -0.198. The van der Waals surface area contributed by atoms with Gasteiger partial charge in [0.05, 0.1) is 12.7 Å². The van der Waals surface area contributed by atoms with Crippen molar-refractivity contribution in [2.75, 3.05) is 20.8 Å². The molecule has 0 radical (unpaired) electrons. The maximum Gasteiger partial charge on any atom is 0.154 e. The Morgan fingerprint density at radius 2 is 1.46 bits per heavy atom. The first-order valence-electron chi connectivity index (χ1n) is 4.42.